The van der Waals surface area contributed by atoms with Crippen LogP contribution in [0.3, 0.4) is 0 Å². The molecule has 0 amide bonds. The molecule has 4 aromatic carbocycles. The summed E-state index contributed by atoms with van der Waals surface area (Å²) in [6, 6.07) is 23.8. The molecule has 0 atom stereocenters. The summed E-state index contributed by atoms with van der Waals surface area (Å²) in [5.74, 6) is -1.93. The van der Waals surface area contributed by atoms with E-state index in [-0.39, 0.29) is 40.9 Å². The van der Waals surface area contributed by atoms with E-state index in [1.807, 2.05) is 26.0 Å². The number of hydrogen-bond donors (Lipinski definition) is 0. The molecule has 0 fully saturated rings. The molecule has 0 saturated carbocycles. The Labute approximate surface area is 249 Å². The third-order valence-corrected chi connectivity index (χ3v) is 6.85. The van der Waals surface area contributed by atoms with Crippen LogP contribution in [0.15, 0.2) is 84.9 Å². The van der Waals surface area contributed by atoms with Crippen molar-refractivity contribution in [3.63, 3.8) is 0 Å². The van der Waals surface area contributed by atoms with Gasteiger partial charge in [-0.25, -0.2) is 0 Å². The zero-order chi connectivity index (χ0) is 29.2. The predicted molar refractivity (Wildman–Crippen MR) is 152 cm³/mol. The van der Waals surface area contributed by atoms with Gasteiger partial charge in [-0.3, -0.25) is 0 Å². The van der Waals surface area contributed by atoms with E-state index < -0.39 is 39.5 Å². The molecule has 0 saturated heterocycles. The average molecular weight is 591 g/mol. The molecule has 0 spiro atoms. The van der Waals surface area contributed by atoms with Crippen molar-refractivity contribution in [2.75, 3.05) is 0 Å². The van der Waals surface area contributed by atoms with Gasteiger partial charge in [0.15, 0.2) is 0 Å². The van der Waals surface area contributed by atoms with Gasteiger partial charge in [0.1, 0.15) is 0 Å². The van der Waals surface area contributed by atoms with Crippen molar-refractivity contribution in [2.45, 2.75) is 39.5 Å². The van der Waals surface area contributed by atoms with Crippen molar-refractivity contribution in [3.05, 3.63) is 119 Å². The standard InChI is InChI=1S/2C16H15FO3.Al.H2O/c2*1-2-11-8-12(10-15(18)19)16(17)14(9-11)20-13-6-4-3-5-7-13;;/h2*3-9H,2,10H2,1H3,(H,18,19);;1H2/q;;+3;/p-3. The van der Waals surface area contributed by atoms with Crippen LogP contribution in [0.25, 0.3) is 0 Å². The summed E-state index contributed by atoms with van der Waals surface area (Å²) in [5, 5.41) is 0. The van der Waals surface area contributed by atoms with Crippen molar-refractivity contribution in [1.29, 1.82) is 0 Å². The summed E-state index contributed by atoms with van der Waals surface area (Å²) in [4.78, 5) is 24.9. The van der Waals surface area contributed by atoms with Crippen LogP contribution < -0.4 is 9.47 Å². The van der Waals surface area contributed by atoms with Crippen molar-refractivity contribution in [3.8, 4) is 23.0 Å². The Morgan fingerprint density at radius 2 is 1.02 bits per heavy atom. The second-order valence-electron chi connectivity index (χ2n) is 9.10. The van der Waals surface area contributed by atoms with Gasteiger partial charge in [0.2, 0.25) is 0 Å². The maximum Gasteiger partial charge on any atom is -0.870 e. The van der Waals surface area contributed by atoms with Gasteiger partial charge in [0, 0.05) is 0 Å². The summed E-state index contributed by atoms with van der Waals surface area (Å²) in [6.07, 6.45) is 0.458. The maximum absolute atomic E-state index is 15.1. The first-order valence-corrected chi connectivity index (χ1v) is 14.1. The number of rotatable bonds is 12. The molecule has 42 heavy (non-hydrogen) atoms. The Balaban J connectivity index is 0.00000484. The van der Waals surface area contributed by atoms with Crippen LogP contribution in [0.1, 0.15) is 36.1 Å². The van der Waals surface area contributed by atoms with Crippen LogP contribution >= 0.6 is 0 Å². The molecule has 216 valence electrons. The molecule has 0 heterocycles. The smallest absolute Gasteiger partial charge is 0.870 e. The van der Waals surface area contributed by atoms with E-state index in [2.05, 4.69) is 0 Å². The summed E-state index contributed by atoms with van der Waals surface area (Å²) in [7, 11) is 0. The number of benzene rings is 4. The van der Waals surface area contributed by atoms with Crippen LogP contribution in [0.2, 0.25) is 0 Å². The fourth-order valence-electron chi connectivity index (χ4n) is 4.01. The molecule has 7 nitrogen and oxygen atoms in total. The molecule has 0 bridgehead atoms. The Morgan fingerprint density at radius 3 is 1.38 bits per heavy atom. The quantitative estimate of drug-likeness (QED) is 0.165. The van der Waals surface area contributed by atoms with Crippen LogP contribution in [0.5, 0.6) is 23.0 Å². The van der Waals surface area contributed by atoms with Crippen molar-refractivity contribution >= 4 is 27.8 Å². The molecule has 0 aromatic heterocycles. The fraction of sp³-hybridized carbons (Fsp3) is 0.188. The van der Waals surface area contributed by atoms with Gasteiger partial charge in [-0.2, -0.15) is 0 Å². The van der Waals surface area contributed by atoms with Gasteiger partial charge >= 0.3 is 245 Å². The summed E-state index contributed by atoms with van der Waals surface area (Å²) >= 11 is -1.53. The summed E-state index contributed by atoms with van der Waals surface area (Å²) < 4.78 is 51.8. The minimum Gasteiger partial charge on any atom is -0.870 e. The average Bonchev–Trinajstić information content (AvgIpc) is 2.98. The fourth-order valence-corrected chi connectivity index (χ4v) is 4.44. The Bertz CT molecular complexity index is 1390. The molecular formula is C32H29AlF2O7. The van der Waals surface area contributed by atoms with E-state index in [1.54, 1.807) is 72.8 Å². The number of aryl methyl sites for hydroxylation is 2. The van der Waals surface area contributed by atoms with Gasteiger partial charge in [-0.05, 0) is 0 Å². The Kier molecular flexibility index (Phi) is 12.1. The molecule has 10 heteroatoms. The number of hydrogen-bond acceptors (Lipinski definition) is 7. The number of carbonyl (C=O) groups is 2. The van der Waals surface area contributed by atoms with Crippen LogP contribution in [0.4, 0.5) is 8.78 Å². The molecular weight excluding hydrogens is 561 g/mol. The molecule has 4 aromatic rings. The molecule has 0 aliphatic rings. The zero-order valence-electron chi connectivity index (χ0n) is 23.1. The van der Waals surface area contributed by atoms with Crippen molar-refractivity contribution in [2.24, 2.45) is 0 Å². The van der Waals surface area contributed by atoms with Crippen molar-refractivity contribution < 1.29 is 40.9 Å². The van der Waals surface area contributed by atoms with Gasteiger partial charge < -0.3 is 5.48 Å². The summed E-state index contributed by atoms with van der Waals surface area (Å²) in [5.41, 5.74) is 1.78. The van der Waals surface area contributed by atoms with Crippen molar-refractivity contribution in [1.82, 2.24) is 0 Å². The molecule has 0 radical (unpaired) electrons. The Hall–Kier alpha value is -4.23. The second kappa shape index (κ2) is 15.7. The van der Waals surface area contributed by atoms with E-state index in [1.165, 1.54) is 0 Å². The van der Waals surface area contributed by atoms with Gasteiger partial charge in [-0.15, -0.1) is 0 Å². The predicted octanol–water partition coefficient (Wildman–Crippen LogP) is 6.90. The largest absolute Gasteiger partial charge is 0.870 e. The normalized spacial score (nSPS) is 10.2. The topological polar surface area (TPSA) is 101 Å². The first kappa shape index (κ1) is 32.3. The second-order valence-corrected chi connectivity index (χ2v) is 9.76. The molecule has 0 unspecified atom stereocenters. The minimum absolute atomic E-state index is 0. The minimum atomic E-state index is -1.53. The summed E-state index contributed by atoms with van der Waals surface area (Å²) in [6.45, 7) is 3.81. The molecule has 4 rings (SSSR count). The third-order valence-electron chi connectivity index (χ3n) is 6.14. The van der Waals surface area contributed by atoms with E-state index in [0.29, 0.717) is 24.3 Å². The number of ether oxygens (including phenoxy) is 2. The molecule has 0 aliphatic carbocycles. The van der Waals surface area contributed by atoms with Gasteiger partial charge in [-0.1, -0.05) is 0 Å². The zero-order valence-corrected chi connectivity index (χ0v) is 24.3. The molecule has 1 N–H and O–H groups in total. The number of halogens is 2. The van der Waals surface area contributed by atoms with E-state index in [4.69, 9.17) is 17.1 Å². The van der Waals surface area contributed by atoms with Gasteiger partial charge in [0.25, 0.3) is 0 Å². The number of para-hydroxylation sites is 2. The molecule has 0 aliphatic heterocycles. The van der Waals surface area contributed by atoms with Crippen LogP contribution in [0, 0.1) is 11.6 Å². The van der Waals surface area contributed by atoms with E-state index >= 15 is 8.78 Å². The van der Waals surface area contributed by atoms with Crippen LogP contribution in [-0.2, 0) is 42.8 Å². The first-order chi connectivity index (χ1) is 19.9. The van der Waals surface area contributed by atoms with E-state index in [0.717, 1.165) is 11.1 Å². The first-order valence-electron chi connectivity index (χ1n) is 13.1. The monoisotopic (exact) mass is 590 g/mol. The Morgan fingerprint density at radius 1 is 0.643 bits per heavy atom. The van der Waals surface area contributed by atoms with Gasteiger partial charge in [0.05, 0.1) is 0 Å². The maximum atomic E-state index is 15.1. The van der Waals surface area contributed by atoms with E-state index in [9.17, 15) is 9.59 Å². The SMILES string of the molecule is CCc1cc(CC(=O)[O][Al+][O]C(=O)Cc2cc(CC)cc(Oc3ccccc3)c2F)c(F)c(Oc2ccccc2)c1.[OH-]. The van der Waals surface area contributed by atoms with Crippen LogP contribution in [-0.4, -0.2) is 33.3 Å². The number of carbonyl (C=O) groups excluding carboxylic acids is 2. The third kappa shape index (κ3) is 8.88.